The molecule has 1 aromatic heterocycles. The largest absolute Gasteiger partial charge is 0.345 e. The number of benzene rings is 1. The van der Waals surface area contributed by atoms with Crippen molar-refractivity contribution in [1.82, 2.24) is 14.8 Å². The summed E-state index contributed by atoms with van der Waals surface area (Å²) < 4.78 is 0. The topological polar surface area (TPSA) is 94.6 Å². The van der Waals surface area contributed by atoms with Gasteiger partial charge in [-0.3, -0.25) is 19.3 Å². The first-order valence-corrected chi connectivity index (χ1v) is 10.5. The summed E-state index contributed by atoms with van der Waals surface area (Å²) in [6.07, 6.45) is 3.08. The normalized spacial score (nSPS) is 16.4. The van der Waals surface area contributed by atoms with Gasteiger partial charge in [-0.25, -0.2) is 4.98 Å². The number of aromatic nitrogens is 1. The van der Waals surface area contributed by atoms with Crippen molar-refractivity contribution in [1.29, 1.82) is 0 Å². The number of hydrogen-bond acceptors (Lipinski definition) is 5. The molecular formula is C22H26ClN5O3. The number of likely N-dealkylation sites (tertiary alicyclic amines) is 1. The molecule has 1 fully saturated rings. The van der Waals surface area contributed by atoms with Crippen LogP contribution in [0.2, 0.25) is 5.02 Å². The summed E-state index contributed by atoms with van der Waals surface area (Å²) in [4.78, 5) is 44.5. The van der Waals surface area contributed by atoms with E-state index in [0.717, 1.165) is 19.4 Å². The molecule has 0 aliphatic carbocycles. The van der Waals surface area contributed by atoms with Gasteiger partial charge in [0.15, 0.2) is 0 Å². The van der Waals surface area contributed by atoms with Crippen LogP contribution in [0.15, 0.2) is 42.6 Å². The lowest BCUT2D eigenvalue weighted by molar-refractivity contribution is -0.123. The van der Waals surface area contributed by atoms with Gasteiger partial charge in [0.1, 0.15) is 5.82 Å². The van der Waals surface area contributed by atoms with E-state index in [2.05, 4.69) is 15.6 Å². The maximum Gasteiger partial charge on any atom is 0.253 e. The van der Waals surface area contributed by atoms with Crippen molar-refractivity contribution < 1.29 is 14.4 Å². The molecule has 8 nitrogen and oxygen atoms in total. The van der Waals surface area contributed by atoms with Gasteiger partial charge in [0.2, 0.25) is 11.8 Å². The second-order valence-corrected chi connectivity index (χ2v) is 8.19. The van der Waals surface area contributed by atoms with E-state index in [1.165, 1.54) is 11.1 Å². The maximum atomic E-state index is 12.6. The average Bonchev–Trinajstić information content (AvgIpc) is 2.75. The molecule has 0 radical (unpaired) electrons. The van der Waals surface area contributed by atoms with E-state index in [9.17, 15) is 14.4 Å². The van der Waals surface area contributed by atoms with Crippen LogP contribution in [0.25, 0.3) is 0 Å². The van der Waals surface area contributed by atoms with E-state index < -0.39 is 0 Å². The van der Waals surface area contributed by atoms with Crippen LogP contribution in [0.3, 0.4) is 0 Å². The van der Waals surface area contributed by atoms with Gasteiger partial charge in [-0.1, -0.05) is 11.6 Å². The van der Waals surface area contributed by atoms with Crippen molar-refractivity contribution in [3.63, 3.8) is 0 Å². The molecule has 31 heavy (non-hydrogen) atoms. The highest BCUT2D eigenvalue weighted by molar-refractivity contribution is 6.30. The number of hydrogen-bond donors (Lipinski definition) is 2. The van der Waals surface area contributed by atoms with E-state index in [1.807, 2.05) is 4.90 Å². The highest BCUT2D eigenvalue weighted by Crippen LogP contribution is 2.19. The van der Waals surface area contributed by atoms with Gasteiger partial charge in [0.05, 0.1) is 17.5 Å². The number of anilines is 2. The van der Waals surface area contributed by atoms with Crippen LogP contribution in [0.1, 0.15) is 23.2 Å². The van der Waals surface area contributed by atoms with Crippen LogP contribution in [0, 0.1) is 5.92 Å². The lowest BCUT2D eigenvalue weighted by Gasteiger charge is -2.31. The van der Waals surface area contributed by atoms with Gasteiger partial charge in [0, 0.05) is 38.1 Å². The summed E-state index contributed by atoms with van der Waals surface area (Å²) in [5.41, 5.74) is 1.18. The van der Waals surface area contributed by atoms with Crippen LogP contribution >= 0.6 is 11.6 Å². The molecule has 1 aliphatic heterocycles. The standard InChI is InChI=1S/C22H26ClN5O3/c1-27(2)22(31)15-5-8-18(9-6-15)25-20(29)14-28-11-3-4-16(13-28)21(30)26-19-10-7-17(23)12-24-19/h5-10,12,16H,3-4,11,13-14H2,1-2H3,(H,25,29)(H,24,26,30). The third kappa shape index (κ3) is 6.50. The molecule has 2 N–H and O–H groups in total. The van der Waals surface area contributed by atoms with Crippen LogP contribution in [0.4, 0.5) is 11.5 Å². The third-order valence-corrected chi connectivity index (χ3v) is 5.27. The van der Waals surface area contributed by atoms with Gasteiger partial charge >= 0.3 is 0 Å². The predicted octanol–water partition coefficient (Wildman–Crippen LogP) is 2.73. The van der Waals surface area contributed by atoms with Crippen LogP contribution in [-0.4, -0.2) is 66.2 Å². The van der Waals surface area contributed by atoms with Crippen molar-refractivity contribution in [3.8, 4) is 0 Å². The van der Waals surface area contributed by atoms with Gasteiger partial charge in [-0.05, 0) is 55.8 Å². The summed E-state index contributed by atoms with van der Waals surface area (Å²) in [7, 11) is 3.38. The zero-order valence-electron chi connectivity index (χ0n) is 17.6. The summed E-state index contributed by atoms with van der Waals surface area (Å²) >= 11 is 5.82. The van der Waals surface area contributed by atoms with Crippen molar-refractivity contribution in [2.24, 2.45) is 5.92 Å². The number of amides is 3. The summed E-state index contributed by atoms with van der Waals surface area (Å²) in [5, 5.41) is 6.16. The monoisotopic (exact) mass is 443 g/mol. The third-order valence-electron chi connectivity index (χ3n) is 5.04. The predicted molar refractivity (Wildman–Crippen MR) is 120 cm³/mol. The van der Waals surface area contributed by atoms with Gasteiger partial charge in [-0.2, -0.15) is 0 Å². The fourth-order valence-electron chi connectivity index (χ4n) is 3.45. The molecular weight excluding hydrogens is 418 g/mol. The molecule has 1 unspecified atom stereocenters. The number of pyridine rings is 1. The molecule has 1 aromatic carbocycles. The zero-order chi connectivity index (χ0) is 22.4. The lowest BCUT2D eigenvalue weighted by atomic mass is 9.97. The Labute approximate surface area is 186 Å². The molecule has 9 heteroatoms. The molecule has 1 aliphatic rings. The second-order valence-electron chi connectivity index (χ2n) is 7.75. The van der Waals surface area contributed by atoms with Crippen LogP contribution in [-0.2, 0) is 9.59 Å². The first kappa shape index (κ1) is 22.7. The van der Waals surface area contributed by atoms with E-state index in [4.69, 9.17) is 11.6 Å². The van der Waals surface area contributed by atoms with E-state index in [0.29, 0.717) is 28.6 Å². The van der Waals surface area contributed by atoms with Gasteiger partial charge < -0.3 is 15.5 Å². The zero-order valence-corrected chi connectivity index (χ0v) is 18.4. The maximum absolute atomic E-state index is 12.6. The fraction of sp³-hybridized carbons (Fsp3) is 0.364. The SMILES string of the molecule is CN(C)C(=O)c1ccc(NC(=O)CN2CCCC(C(=O)Nc3ccc(Cl)cn3)C2)cc1. The highest BCUT2D eigenvalue weighted by Gasteiger charge is 2.27. The Morgan fingerprint density at radius 2 is 1.87 bits per heavy atom. The number of carbonyl (C=O) groups is 3. The Bertz CT molecular complexity index is 931. The van der Waals surface area contributed by atoms with Crippen molar-refractivity contribution in [2.75, 3.05) is 44.4 Å². The molecule has 1 saturated heterocycles. The second kappa shape index (κ2) is 10.4. The summed E-state index contributed by atoms with van der Waals surface area (Å²) in [6, 6.07) is 10.1. The fourth-order valence-corrected chi connectivity index (χ4v) is 3.56. The molecule has 1 atom stereocenters. The van der Waals surface area contributed by atoms with Crippen LogP contribution < -0.4 is 10.6 Å². The Kier molecular flexibility index (Phi) is 7.59. The Morgan fingerprint density at radius 1 is 1.13 bits per heavy atom. The Hall–Kier alpha value is -2.97. The lowest BCUT2D eigenvalue weighted by Crippen LogP contribution is -2.44. The number of carbonyl (C=O) groups excluding carboxylic acids is 3. The molecule has 3 amide bonds. The molecule has 3 rings (SSSR count). The smallest absolute Gasteiger partial charge is 0.253 e. The molecule has 0 bridgehead atoms. The number of halogens is 1. The minimum atomic E-state index is -0.213. The highest BCUT2D eigenvalue weighted by atomic mass is 35.5. The van der Waals surface area contributed by atoms with Crippen LogP contribution in [0.5, 0.6) is 0 Å². The van der Waals surface area contributed by atoms with Gasteiger partial charge in [-0.15, -0.1) is 0 Å². The van der Waals surface area contributed by atoms with Crippen molar-refractivity contribution in [3.05, 3.63) is 53.2 Å². The Balaban J connectivity index is 1.50. The minimum absolute atomic E-state index is 0.0932. The van der Waals surface area contributed by atoms with E-state index in [1.54, 1.807) is 50.5 Å². The number of nitrogens with one attached hydrogen (secondary N) is 2. The number of piperidine rings is 1. The summed E-state index contributed by atoms with van der Waals surface area (Å²) in [5.74, 6) is -0.117. The van der Waals surface area contributed by atoms with Crippen molar-refractivity contribution >= 4 is 40.8 Å². The first-order valence-electron chi connectivity index (χ1n) is 10.1. The molecule has 0 spiro atoms. The van der Waals surface area contributed by atoms with Gasteiger partial charge in [0.25, 0.3) is 5.91 Å². The number of nitrogens with zero attached hydrogens (tertiary/aromatic N) is 3. The molecule has 2 aromatic rings. The molecule has 2 heterocycles. The summed E-state index contributed by atoms with van der Waals surface area (Å²) in [6.45, 7) is 1.46. The molecule has 0 saturated carbocycles. The Morgan fingerprint density at radius 3 is 2.52 bits per heavy atom. The minimum Gasteiger partial charge on any atom is -0.345 e. The first-order chi connectivity index (χ1) is 14.8. The van der Waals surface area contributed by atoms with E-state index >= 15 is 0 Å². The molecule has 164 valence electrons. The van der Waals surface area contributed by atoms with E-state index in [-0.39, 0.29) is 30.2 Å². The average molecular weight is 444 g/mol. The van der Waals surface area contributed by atoms with Crippen molar-refractivity contribution in [2.45, 2.75) is 12.8 Å². The number of rotatable bonds is 6. The quantitative estimate of drug-likeness (QED) is 0.715.